The molecule has 0 aromatic rings. The van der Waals surface area contributed by atoms with E-state index in [0.717, 1.165) is 51.2 Å². The van der Waals surface area contributed by atoms with Crippen LogP contribution in [0.2, 0.25) is 0 Å². The van der Waals surface area contributed by atoms with Gasteiger partial charge in [-0.1, -0.05) is 39.0 Å². The largest absolute Gasteiger partial charge is 0.379 e. The molecule has 23 heavy (non-hydrogen) atoms. The molecule has 2 aliphatic carbocycles. The Hall–Kier alpha value is -0.610. The highest BCUT2D eigenvalue weighted by molar-refractivity contribution is 5.82. The zero-order valence-electron chi connectivity index (χ0n) is 14.6. The molecular weight excluding hydrogens is 288 g/mol. The molecule has 4 fully saturated rings. The van der Waals surface area contributed by atoms with Crippen molar-refractivity contribution < 1.29 is 9.53 Å². The Morgan fingerprint density at radius 1 is 1.04 bits per heavy atom. The van der Waals surface area contributed by atoms with Crippen LogP contribution in [-0.2, 0) is 9.53 Å². The van der Waals surface area contributed by atoms with Gasteiger partial charge in [-0.2, -0.15) is 0 Å². The lowest BCUT2D eigenvalue weighted by atomic mass is 9.85. The number of morpholine rings is 1. The van der Waals surface area contributed by atoms with Crippen molar-refractivity contribution in [2.75, 3.05) is 39.4 Å². The van der Waals surface area contributed by atoms with E-state index in [4.69, 9.17) is 4.74 Å². The van der Waals surface area contributed by atoms with Gasteiger partial charge in [0.05, 0.1) is 13.2 Å². The van der Waals surface area contributed by atoms with Crippen LogP contribution in [0.25, 0.3) is 0 Å². The van der Waals surface area contributed by atoms with Gasteiger partial charge in [-0.3, -0.25) is 9.69 Å². The molecule has 0 bridgehead atoms. The molecule has 4 rings (SSSR count). The van der Waals surface area contributed by atoms with E-state index in [1.165, 1.54) is 38.5 Å². The molecule has 4 atom stereocenters. The molecule has 2 saturated heterocycles. The molecule has 1 amide bonds. The smallest absolute Gasteiger partial charge is 0.226 e. The van der Waals surface area contributed by atoms with Crippen LogP contribution in [0.1, 0.15) is 45.4 Å². The van der Waals surface area contributed by atoms with Crippen molar-refractivity contribution in [2.45, 2.75) is 51.5 Å². The third-order valence-electron chi connectivity index (χ3n) is 6.81. The molecule has 0 unspecified atom stereocenters. The van der Waals surface area contributed by atoms with Gasteiger partial charge in [-0.25, -0.2) is 0 Å². The normalized spacial score (nSPS) is 39.6. The van der Waals surface area contributed by atoms with E-state index in [9.17, 15) is 4.79 Å². The number of carbonyl (C=O) groups excluding carboxylic acids is 1. The van der Waals surface area contributed by atoms with Crippen LogP contribution in [0.3, 0.4) is 0 Å². The van der Waals surface area contributed by atoms with Gasteiger partial charge in [0.15, 0.2) is 0 Å². The molecule has 0 spiro atoms. The van der Waals surface area contributed by atoms with Crippen molar-refractivity contribution in [1.29, 1.82) is 0 Å². The molecule has 2 saturated carbocycles. The standard InChI is InChI=1S/C19H32N2O2/c1-14-12-21(13-18(14)20-7-9-23-10-8-20)19(22)17-11-16(17)15-5-3-2-4-6-15/h14-18H,2-13H2,1H3/t14-,16+,17-,18+/m1/s1. The van der Waals surface area contributed by atoms with Gasteiger partial charge >= 0.3 is 0 Å². The van der Waals surface area contributed by atoms with Gasteiger partial charge in [0.25, 0.3) is 0 Å². The fourth-order valence-electron chi connectivity index (χ4n) is 5.33. The SMILES string of the molecule is C[C@@H]1CN(C(=O)[C@@H]2C[C@H]2C2CCCCC2)C[C@@H]1N1CCOCC1. The van der Waals surface area contributed by atoms with E-state index in [0.29, 0.717) is 23.8 Å². The van der Waals surface area contributed by atoms with Gasteiger partial charge in [-0.05, 0) is 24.2 Å². The predicted octanol–water partition coefficient (Wildman–Crippen LogP) is 2.38. The summed E-state index contributed by atoms with van der Waals surface area (Å²) < 4.78 is 5.48. The van der Waals surface area contributed by atoms with Gasteiger partial charge in [0.2, 0.25) is 5.91 Å². The minimum Gasteiger partial charge on any atom is -0.379 e. The maximum Gasteiger partial charge on any atom is 0.226 e. The Labute approximate surface area is 140 Å². The van der Waals surface area contributed by atoms with Gasteiger partial charge in [0.1, 0.15) is 0 Å². The number of rotatable bonds is 3. The van der Waals surface area contributed by atoms with E-state index < -0.39 is 0 Å². The monoisotopic (exact) mass is 320 g/mol. The van der Waals surface area contributed by atoms with Crippen LogP contribution < -0.4 is 0 Å². The summed E-state index contributed by atoms with van der Waals surface area (Å²) in [5, 5.41) is 0. The van der Waals surface area contributed by atoms with Gasteiger partial charge in [-0.15, -0.1) is 0 Å². The number of carbonyl (C=O) groups is 1. The number of likely N-dealkylation sites (tertiary alicyclic amines) is 1. The first-order valence-electron chi connectivity index (χ1n) is 9.84. The van der Waals surface area contributed by atoms with Crippen molar-refractivity contribution in [1.82, 2.24) is 9.80 Å². The summed E-state index contributed by atoms with van der Waals surface area (Å²) in [5.41, 5.74) is 0. The molecular formula is C19H32N2O2. The fourth-order valence-corrected chi connectivity index (χ4v) is 5.33. The summed E-state index contributed by atoms with van der Waals surface area (Å²) in [6, 6.07) is 0.551. The fraction of sp³-hybridized carbons (Fsp3) is 0.947. The highest BCUT2D eigenvalue weighted by Gasteiger charge is 2.50. The third-order valence-corrected chi connectivity index (χ3v) is 6.81. The number of nitrogens with zero attached hydrogens (tertiary/aromatic N) is 2. The zero-order valence-corrected chi connectivity index (χ0v) is 14.6. The highest BCUT2D eigenvalue weighted by Crippen LogP contribution is 2.50. The first-order valence-corrected chi connectivity index (χ1v) is 9.84. The first kappa shape index (κ1) is 15.9. The Kier molecular flexibility index (Phi) is 4.64. The van der Waals surface area contributed by atoms with E-state index in [2.05, 4.69) is 16.7 Å². The Bertz CT molecular complexity index is 429. The molecule has 0 N–H and O–H groups in total. The van der Waals surface area contributed by atoms with Crippen molar-refractivity contribution in [2.24, 2.45) is 23.7 Å². The molecule has 2 heterocycles. The Morgan fingerprint density at radius 3 is 2.52 bits per heavy atom. The second-order valence-corrected chi connectivity index (χ2v) is 8.34. The predicted molar refractivity (Wildman–Crippen MR) is 90.1 cm³/mol. The molecule has 0 aromatic carbocycles. The lowest BCUT2D eigenvalue weighted by Crippen LogP contribution is -2.47. The van der Waals surface area contributed by atoms with Crippen LogP contribution in [0, 0.1) is 23.7 Å². The van der Waals surface area contributed by atoms with Crippen LogP contribution >= 0.6 is 0 Å². The van der Waals surface area contributed by atoms with Crippen molar-refractivity contribution >= 4 is 5.91 Å². The van der Waals surface area contributed by atoms with E-state index in [1.807, 2.05) is 0 Å². The third kappa shape index (κ3) is 3.30. The average Bonchev–Trinajstić information content (AvgIpc) is 3.31. The molecule has 0 aromatic heterocycles. The number of amides is 1. The van der Waals surface area contributed by atoms with E-state index in [-0.39, 0.29) is 0 Å². The van der Waals surface area contributed by atoms with Crippen molar-refractivity contribution in [3.8, 4) is 0 Å². The summed E-state index contributed by atoms with van der Waals surface area (Å²) in [6.07, 6.45) is 8.12. The molecule has 4 nitrogen and oxygen atoms in total. The van der Waals surface area contributed by atoms with E-state index in [1.54, 1.807) is 0 Å². The first-order chi connectivity index (χ1) is 11.2. The van der Waals surface area contributed by atoms with Crippen LogP contribution in [0.15, 0.2) is 0 Å². The summed E-state index contributed by atoms with van der Waals surface area (Å²) in [4.78, 5) is 17.7. The summed E-state index contributed by atoms with van der Waals surface area (Å²) in [6.45, 7) is 8.00. The molecule has 4 heteroatoms. The van der Waals surface area contributed by atoms with Crippen molar-refractivity contribution in [3.63, 3.8) is 0 Å². The average molecular weight is 320 g/mol. The maximum absolute atomic E-state index is 12.9. The number of ether oxygens (including phenoxy) is 1. The van der Waals surface area contributed by atoms with Gasteiger partial charge < -0.3 is 9.64 Å². The summed E-state index contributed by atoms with van der Waals surface area (Å²) in [5.74, 6) is 3.02. The van der Waals surface area contributed by atoms with E-state index >= 15 is 0 Å². The molecule has 130 valence electrons. The highest BCUT2D eigenvalue weighted by atomic mass is 16.5. The summed E-state index contributed by atoms with van der Waals surface area (Å²) >= 11 is 0. The number of hydrogen-bond donors (Lipinski definition) is 0. The topological polar surface area (TPSA) is 32.8 Å². The molecule has 4 aliphatic rings. The maximum atomic E-state index is 12.9. The number of hydrogen-bond acceptors (Lipinski definition) is 3. The van der Waals surface area contributed by atoms with Crippen molar-refractivity contribution in [3.05, 3.63) is 0 Å². The Morgan fingerprint density at radius 2 is 1.78 bits per heavy atom. The lowest BCUT2D eigenvalue weighted by Gasteiger charge is -2.34. The zero-order chi connectivity index (χ0) is 15.8. The quantitative estimate of drug-likeness (QED) is 0.800. The lowest BCUT2D eigenvalue weighted by molar-refractivity contribution is -0.132. The summed E-state index contributed by atoms with van der Waals surface area (Å²) in [7, 11) is 0. The minimum absolute atomic E-state index is 0.369. The van der Waals surface area contributed by atoms with Crippen LogP contribution in [0.4, 0.5) is 0 Å². The second-order valence-electron chi connectivity index (χ2n) is 8.34. The van der Waals surface area contributed by atoms with Crippen LogP contribution in [0.5, 0.6) is 0 Å². The molecule has 0 radical (unpaired) electrons. The second kappa shape index (κ2) is 6.72. The van der Waals surface area contributed by atoms with Crippen LogP contribution in [-0.4, -0.2) is 61.1 Å². The van der Waals surface area contributed by atoms with Gasteiger partial charge in [0, 0.05) is 38.1 Å². The molecule has 2 aliphatic heterocycles. The Balaban J connectivity index is 1.31. The minimum atomic E-state index is 0.369.